The summed E-state index contributed by atoms with van der Waals surface area (Å²) in [5.74, 6) is -0.873. The smallest absolute Gasteiger partial charge is 0.273 e. The molecule has 0 radical (unpaired) electrons. The lowest BCUT2D eigenvalue weighted by Crippen LogP contribution is -2.18. The van der Waals surface area contributed by atoms with Crippen molar-refractivity contribution in [3.63, 3.8) is 0 Å². The molecule has 4 nitrogen and oxygen atoms in total. The van der Waals surface area contributed by atoms with Crippen LogP contribution in [0, 0.1) is 19.7 Å². The number of carbonyl (C=O) groups excluding carboxylic acids is 1. The monoisotopic (exact) mass is 369 g/mol. The van der Waals surface area contributed by atoms with Crippen LogP contribution in [0.5, 0.6) is 0 Å². The summed E-state index contributed by atoms with van der Waals surface area (Å²) in [6.07, 6.45) is 1.20. The summed E-state index contributed by atoms with van der Waals surface area (Å²) in [6.45, 7) is 3.80. The Morgan fingerprint density at radius 3 is 2.58 bits per heavy atom. The molecular formula is C20H17ClFN3O. The molecule has 1 heterocycles. The van der Waals surface area contributed by atoms with E-state index in [0.717, 1.165) is 17.1 Å². The molecule has 26 heavy (non-hydrogen) atoms. The topological polar surface area (TPSA) is 46.4 Å². The molecule has 0 aliphatic carbocycles. The predicted molar refractivity (Wildman–Crippen MR) is 102 cm³/mol. The van der Waals surface area contributed by atoms with Gasteiger partial charge in [0.2, 0.25) is 0 Å². The van der Waals surface area contributed by atoms with Crippen LogP contribution < -0.4 is 5.43 Å². The number of nitrogens with zero attached hydrogens (tertiary/aromatic N) is 2. The molecule has 0 fully saturated rings. The molecule has 0 aliphatic heterocycles. The van der Waals surface area contributed by atoms with E-state index in [1.165, 1.54) is 18.3 Å². The van der Waals surface area contributed by atoms with E-state index in [4.69, 9.17) is 11.6 Å². The molecule has 0 saturated carbocycles. The molecule has 0 bridgehead atoms. The van der Waals surface area contributed by atoms with Crippen LogP contribution in [0.2, 0.25) is 5.02 Å². The van der Waals surface area contributed by atoms with Gasteiger partial charge in [-0.2, -0.15) is 5.10 Å². The standard InChI is InChI=1S/C20H17ClFN3O/c1-13-11-16(14(2)25(13)15-7-4-3-5-8-15)20(26)24-23-12-17-18(21)9-6-10-19(17)22/h3-12H,1-2H3,(H,24,26)/b23-12+. The second-order valence-electron chi connectivity index (χ2n) is 5.79. The molecule has 132 valence electrons. The number of aromatic nitrogens is 1. The van der Waals surface area contributed by atoms with Gasteiger partial charge in [0.25, 0.3) is 5.91 Å². The molecule has 6 heteroatoms. The number of hydrazone groups is 1. The van der Waals surface area contributed by atoms with Gasteiger partial charge in [-0.05, 0) is 44.2 Å². The van der Waals surface area contributed by atoms with Crippen LogP contribution in [0.3, 0.4) is 0 Å². The number of carbonyl (C=O) groups is 1. The van der Waals surface area contributed by atoms with Crippen molar-refractivity contribution in [1.82, 2.24) is 9.99 Å². The van der Waals surface area contributed by atoms with Crippen LogP contribution in [0.15, 0.2) is 59.7 Å². The van der Waals surface area contributed by atoms with Crippen molar-refractivity contribution < 1.29 is 9.18 Å². The third kappa shape index (κ3) is 3.53. The van der Waals surface area contributed by atoms with Gasteiger partial charge < -0.3 is 4.57 Å². The van der Waals surface area contributed by atoms with Gasteiger partial charge in [0.05, 0.1) is 16.8 Å². The zero-order valence-electron chi connectivity index (χ0n) is 14.3. The van der Waals surface area contributed by atoms with Gasteiger partial charge in [0.1, 0.15) is 5.82 Å². The average molecular weight is 370 g/mol. The maximum absolute atomic E-state index is 13.7. The van der Waals surface area contributed by atoms with Crippen LogP contribution in [0.1, 0.15) is 27.3 Å². The molecule has 0 spiro atoms. The highest BCUT2D eigenvalue weighted by Gasteiger charge is 2.16. The van der Waals surface area contributed by atoms with Gasteiger partial charge in [-0.1, -0.05) is 35.9 Å². The highest BCUT2D eigenvalue weighted by atomic mass is 35.5. The normalized spacial score (nSPS) is 11.1. The summed E-state index contributed by atoms with van der Waals surface area (Å²) in [7, 11) is 0. The van der Waals surface area contributed by atoms with Gasteiger partial charge in [-0.3, -0.25) is 4.79 Å². The molecule has 1 amide bonds. The Balaban J connectivity index is 1.82. The Morgan fingerprint density at radius 1 is 1.15 bits per heavy atom. The van der Waals surface area contributed by atoms with Gasteiger partial charge in [-0.25, -0.2) is 9.82 Å². The van der Waals surface area contributed by atoms with Gasteiger partial charge >= 0.3 is 0 Å². The highest BCUT2D eigenvalue weighted by molar-refractivity contribution is 6.33. The van der Waals surface area contributed by atoms with Gasteiger partial charge in [0.15, 0.2) is 0 Å². The molecule has 0 saturated heterocycles. The maximum Gasteiger partial charge on any atom is 0.273 e. The highest BCUT2D eigenvalue weighted by Crippen LogP contribution is 2.21. The number of aryl methyl sites for hydroxylation is 1. The molecule has 0 atom stereocenters. The number of hydrogen-bond acceptors (Lipinski definition) is 2. The van der Waals surface area contributed by atoms with Gasteiger partial charge in [0, 0.05) is 22.6 Å². The molecule has 1 N–H and O–H groups in total. The van der Waals surface area contributed by atoms with Gasteiger partial charge in [-0.15, -0.1) is 0 Å². The minimum atomic E-state index is -0.502. The zero-order valence-corrected chi connectivity index (χ0v) is 15.1. The van der Waals surface area contributed by atoms with Crippen LogP contribution >= 0.6 is 11.6 Å². The van der Waals surface area contributed by atoms with E-state index in [1.807, 2.05) is 48.7 Å². The zero-order chi connectivity index (χ0) is 18.7. The molecule has 3 rings (SSSR count). The first-order valence-corrected chi connectivity index (χ1v) is 8.38. The van der Waals surface area contributed by atoms with Crippen LogP contribution in [0.25, 0.3) is 5.69 Å². The van der Waals surface area contributed by atoms with E-state index >= 15 is 0 Å². The van der Waals surface area contributed by atoms with E-state index in [2.05, 4.69) is 10.5 Å². The summed E-state index contributed by atoms with van der Waals surface area (Å²) in [6, 6.07) is 15.9. The lowest BCUT2D eigenvalue weighted by Gasteiger charge is -2.09. The summed E-state index contributed by atoms with van der Waals surface area (Å²) >= 11 is 5.93. The summed E-state index contributed by atoms with van der Waals surface area (Å²) in [5.41, 5.74) is 5.76. The number of amides is 1. The van der Waals surface area contributed by atoms with Crippen LogP contribution in [0.4, 0.5) is 4.39 Å². The second kappa shape index (κ2) is 7.54. The van der Waals surface area contributed by atoms with Crippen molar-refractivity contribution in [2.45, 2.75) is 13.8 Å². The number of halogens is 2. The van der Waals surface area contributed by atoms with Crippen molar-refractivity contribution in [1.29, 1.82) is 0 Å². The Labute approximate surface area is 155 Å². The second-order valence-corrected chi connectivity index (χ2v) is 6.20. The quantitative estimate of drug-likeness (QED) is 0.528. The summed E-state index contributed by atoms with van der Waals surface area (Å²) < 4.78 is 15.7. The number of hydrogen-bond donors (Lipinski definition) is 1. The van der Waals surface area contributed by atoms with Crippen LogP contribution in [-0.4, -0.2) is 16.7 Å². The fourth-order valence-corrected chi connectivity index (χ4v) is 3.03. The first-order valence-electron chi connectivity index (χ1n) is 8.01. The SMILES string of the molecule is Cc1cc(C(=O)N/N=C/c2c(F)cccc2Cl)c(C)n1-c1ccccc1. The number of rotatable bonds is 4. The Bertz CT molecular complexity index is 960. The first-order chi connectivity index (χ1) is 12.5. The lowest BCUT2D eigenvalue weighted by molar-refractivity contribution is 0.0954. The fraction of sp³-hybridized carbons (Fsp3) is 0.100. The largest absolute Gasteiger partial charge is 0.318 e. The summed E-state index contributed by atoms with van der Waals surface area (Å²) in [4.78, 5) is 12.5. The van der Waals surface area contributed by atoms with E-state index < -0.39 is 5.82 Å². The van der Waals surface area contributed by atoms with E-state index in [-0.39, 0.29) is 16.5 Å². The third-order valence-electron chi connectivity index (χ3n) is 4.05. The maximum atomic E-state index is 13.7. The van der Waals surface area contributed by atoms with Crippen LogP contribution in [-0.2, 0) is 0 Å². The van der Waals surface area contributed by atoms with Crippen molar-refractivity contribution in [3.8, 4) is 5.69 Å². The van der Waals surface area contributed by atoms with Crippen molar-refractivity contribution in [3.05, 3.63) is 88.0 Å². The van der Waals surface area contributed by atoms with E-state index in [9.17, 15) is 9.18 Å². The molecular weight excluding hydrogens is 353 g/mol. The Kier molecular flexibility index (Phi) is 5.19. The average Bonchev–Trinajstić information content (AvgIpc) is 2.92. The number of para-hydroxylation sites is 1. The number of benzene rings is 2. The van der Waals surface area contributed by atoms with Crippen molar-refractivity contribution in [2.75, 3.05) is 0 Å². The van der Waals surface area contributed by atoms with Crippen molar-refractivity contribution >= 4 is 23.7 Å². The minimum absolute atomic E-state index is 0.129. The Morgan fingerprint density at radius 2 is 1.88 bits per heavy atom. The van der Waals surface area contributed by atoms with E-state index in [0.29, 0.717) is 5.56 Å². The molecule has 3 aromatic rings. The molecule has 2 aromatic carbocycles. The van der Waals surface area contributed by atoms with E-state index in [1.54, 1.807) is 12.1 Å². The minimum Gasteiger partial charge on any atom is -0.318 e. The third-order valence-corrected chi connectivity index (χ3v) is 4.38. The fourth-order valence-electron chi connectivity index (χ4n) is 2.82. The molecule has 0 aliphatic rings. The lowest BCUT2D eigenvalue weighted by atomic mass is 10.2. The predicted octanol–water partition coefficient (Wildman–Crippen LogP) is 4.65. The first kappa shape index (κ1) is 17.9. The summed E-state index contributed by atoms with van der Waals surface area (Å²) in [5, 5.41) is 4.06. The number of nitrogens with one attached hydrogen (secondary N) is 1. The van der Waals surface area contributed by atoms with Crippen molar-refractivity contribution in [2.24, 2.45) is 5.10 Å². The molecule has 1 aromatic heterocycles. The Hall–Kier alpha value is -2.92. The molecule has 0 unspecified atom stereocenters.